The van der Waals surface area contributed by atoms with E-state index in [1.54, 1.807) is 11.9 Å². The zero-order valence-electron chi connectivity index (χ0n) is 16.9. The second-order valence-electron chi connectivity index (χ2n) is 7.65. The van der Waals surface area contributed by atoms with E-state index in [1.807, 2.05) is 22.3 Å². The summed E-state index contributed by atoms with van der Waals surface area (Å²) in [7, 11) is 0. The minimum atomic E-state index is -0.545. The maximum absolute atomic E-state index is 14.8. The highest BCUT2D eigenvalue weighted by molar-refractivity contribution is 8.00. The molecule has 1 aromatic carbocycles. The Morgan fingerprint density at radius 1 is 1.03 bits per heavy atom. The number of halogens is 2. The van der Waals surface area contributed by atoms with Crippen LogP contribution in [0.1, 0.15) is 23.1 Å². The molecule has 4 nitrogen and oxygen atoms in total. The van der Waals surface area contributed by atoms with Crippen molar-refractivity contribution < 1.29 is 8.78 Å². The second kappa shape index (κ2) is 8.22. The minimum absolute atomic E-state index is 0.0176. The number of nitrogens with zero attached hydrogens (tertiary/aromatic N) is 4. The van der Waals surface area contributed by atoms with Crippen LogP contribution in [-0.4, -0.2) is 48.4 Å². The number of hydrogen-bond acceptors (Lipinski definition) is 5. The predicted octanol–water partition coefficient (Wildman–Crippen LogP) is 4.63. The largest absolute Gasteiger partial charge is 0.368 e. The average Bonchev–Trinajstić information content (AvgIpc) is 3.22. The van der Waals surface area contributed by atoms with Gasteiger partial charge in [-0.3, -0.25) is 0 Å². The first kappa shape index (κ1) is 20.0. The molecule has 2 aliphatic rings. The SMILES string of the molecule is C=C(c1c(F)cc(N2CCCS2)cc1F)N1CCN(c2ncc(C)cc2C)CC1. The Morgan fingerprint density at radius 3 is 2.31 bits per heavy atom. The molecule has 3 heterocycles. The van der Waals surface area contributed by atoms with Gasteiger partial charge in [-0.05, 0) is 55.5 Å². The van der Waals surface area contributed by atoms with Crippen LogP contribution in [-0.2, 0) is 0 Å². The summed E-state index contributed by atoms with van der Waals surface area (Å²) in [5, 5.41) is 0. The van der Waals surface area contributed by atoms with E-state index in [0.717, 1.165) is 48.8 Å². The molecular weight excluding hydrogens is 390 g/mol. The number of piperazine rings is 1. The van der Waals surface area contributed by atoms with E-state index in [9.17, 15) is 8.78 Å². The molecule has 0 bridgehead atoms. The van der Waals surface area contributed by atoms with Crippen molar-refractivity contribution in [3.8, 4) is 0 Å². The summed E-state index contributed by atoms with van der Waals surface area (Å²) in [6.45, 7) is 11.7. The monoisotopic (exact) mass is 416 g/mol. The van der Waals surface area contributed by atoms with Crippen molar-refractivity contribution in [2.24, 2.45) is 0 Å². The summed E-state index contributed by atoms with van der Waals surface area (Å²) in [6, 6.07) is 4.98. The second-order valence-corrected chi connectivity index (χ2v) is 8.75. The third kappa shape index (κ3) is 4.06. The number of rotatable bonds is 4. The molecule has 4 rings (SSSR count). The zero-order valence-corrected chi connectivity index (χ0v) is 17.7. The number of aryl methyl sites for hydroxylation is 2. The third-order valence-electron chi connectivity index (χ3n) is 5.50. The van der Waals surface area contributed by atoms with Gasteiger partial charge in [0.05, 0.1) is 11.3 Å². The molecule has 1 aromatic heterocycles. The highest BCUT2D eigenvalue weighted by atomic mass is 32.2. The quantitative estimate of drug-likeness (QED) is 0.676. The molecule has 0 saturated carbocycles. The first-order chi connectivity index (χ1) is 13.9. The van der Waals surface area contributed by atoms with Gasteiger partial charge in [-0.15, -0.1) is 0 Å². The van der Waals surface area contributed by atoms with E-state index in [0.29, 0.717) is 24.5 Å². The van der Waals surface area contributed by atoms with Crippen LogP contribution < -0.4 is 9.21 Å². The van der Waals surface area contributed by atoms with E-state index in [4.69, 9.17) is 0 Å². The molecule has 7 heteroatoms. The molecule has 2 fully saturated rings. The van der Waals surface area contributed by atoms with Gasteiger partial charge >= 0.3 is 0 Å². The molecule has 0 amide bonds. The fourth-order valence-electron chi connectivity index (χ4n) is 4.02. The van der Waals surface area contributed by atoms with E-state index < -0.39 is 11.6 Å². The standard InChI is InChI=1S/C22H26F2N4S/c1-15-11-16(2)22(25-14-15)27-8-6-26(7-9-27)17(3)21-19(23)12-18(13-20(21)24)28-5-4-10-29-28/h11-14H,3-10H2,1-2H3. The van der Waals surface area contributed by atoms with Crippen LogP contribution in [0.2, 0.25) is 0 Å². The molecule has 0 N–H and O–H groups in total. The van der Waals surface area contributed by atoms with Crippen LogP contribution in [0.15, 0.2) is 31.0 Å². The highest BCUT2D eigenvalue weighted by Gasteiger charge is 2.25. The molecule has 2 saturated heterocycles. The Morgan fingerprint density at radius 2 is 1.72 bits per heavy atom. The van der Waals surface area contributed by atoms with Gasteiger partial charge in [-0.25, -0.2) is 13.8 Å². The van der Waals surface area contributed by atoms with Gasteiger partial charge in [0.15, 0.2) is 0 Å². The van der Waals surface area contributed by atoms with Crippen LogP contribution in [0.4, 0.5) is 20.3 Å². The lowest BCUT2D eigenvalue weighted by atomic mass is 10.1. The predicted molar refractivity (Wildman–Crippen MR) is 117 cm³/mol. The minimum Gasteiger partial charge on any atom is -0.368 e. The Bertz CT molecular complexity index is 896. The van der Waals surface area contributed by atoms with Crippen molar-refractivity contribution in [3.05, 3.63) is 59.3 Å². The van der Waals surface area contributed by atoms with Crippen LogP contribution in [0.5, 0.6) is 0 Å². The van der Waals surface area contributed by atoms with Gasteiger partial charge in [0.1, 0.15) is 17.5 Å². The summed E-state index contributed by atoms with van der Waals surface area (Å²) >= 11 is 1.61. The van der Waals surface area contributed by atoms with E-state index in [2.05, 4.69) is 29.5 Å². The first-order valence-corrected chi connectivity index (χ1v) is 10.9. The molecule has 0 unspecified atom stereocenters. The molecule has 29 heavy (non-hydrogen) atoms. The normalized spacial score (nSPS) is 17.2. The average molecular weight is 417 g/mol. The molecular formula is C22H26F2N4S. The summed E-state index contributed by atoms with van der Waals surface area (Å²) in [6.07, 6.45) is 2.90. The van der Waals surface area contributed by atoms with Gasteiger partial charge in [-0.2, -0.15) is 0 Å². The third-order valence-corrected chi connectivity index (χ3v) is 6.68. The van der Waals surface area contributed by atoms with Gasteiger partial charge in [-0.1, -0.05) is 12.6 Å². The molecule has 0 spiro atoms. The topological polar surface area (TPSA) is 22.6 Å². The van der Waals surface area contributed by atoms with Crippen molar-refractivity contribution in [1.29, 1.82) is 0 Å². The van der Waals surface area contributed by atoms with Crippen LogP contribution in [0.25, 0.3) is 5.70 Å². The number of pyridine rings is 1. The Kier molecular flexibility index (Phi) is 5.67. The summed E-state index contributed by atoms with van der Waals surface area (Å²) in [5.74, 6) is 0.870. The van der Waals surface area contributed by atoms with Crippen molar-refractivity contribution >= 4 is 29.2 Å². The maximum atomic E-state index is 14.8. The van der Waals surface area contributed by atoms with Crippen molar-refractivity contribution in [2.45, 2.75) is 20.3 Å². The smallest absolute Gasteiger partial charge is 0.137 e. The van der Waals surface area contributed by atoms with Gasteiger partial charge in [0, 0.05) is 50.4 Å². The molecule has 154 valence electrons. The van der Waals surface area contributed by atoms with Crippen LogP contribution in [0, 0.1) is 25.5 Å². The Hall–Kier alpha value is -2.28. The number of anilines is 2. The van der Waals surface area contributed by atoms with Crippen molar-refractivity contribution in [1.82, 2.24) is 9.88 Å². The van der Waals surface area contributed by atoms with E-state index in [1.165, 1.54) is 12.1 Å². The van der Waals surface area contributed by atoms with Gasteiger partial charge in [0.2, 0.25) is 0 Å². The fraction of sp³-hybridized carbons (Fsp3) is 0.409. The fourth-order valence-corrected chi connectivity index (χ4v) is 5.01. The molecule has 0 atom stereocenters. The lowest BCUT2D eigenvalue weighted by Crippen LogP contribution is -2.46. The molecule has 2 aliphatic heterocycles. The Balaban J connectivity index is 1.47. The number of benzene rings is 1. The lowest BCUT2D eigenvalue weighted by molar-refractivity contribution is 0.363. The van der Waals surface area contributed by atoms with Gasteiger partial charge < -0.3 is 14.1 Å². The lowest BCUT2D eigenvalue weighted by Gasteiger charge is -2.38. The van der Waals surface area contributed by atoms with Crippen molar-refractivity contribution in [2.75, 3.05) is 47.7 Å². The Labute approximate surface area is 175 Å². The number of hydrogen-bond donors (Lipinski definition) is 0. The van der Waals surface area contributed by atoms with E-state index >= 15 is 0 Å². The summed E-state index contributed by atoms with van der Waals surface area (Å²) in [5.41, 5.74) is 3.26. The molecule has 0 aliphatic carbocycles. The van der Waals surface area contributed by atoms with Crippen molar-refractivity contribution in [3.63, 3.8) is 0 Å². The zero-order chi connectivity index (χ0) is 20.5. The maximum Gasteiger partial charge on any atom is 0.137 e. The first-order valence-electron chi connectivity index (χ1n) is 9.96. The van der Waals surface area contributed by atoms with E-state index in [-0.39, 0.29) is 5.56 Å². The molecule has 2 aromatic rings. The summed E-state index contributed by atoms with van der Waals surface area (Å²) in [4.78, 5) is 8.75. The number of aromatic nitrogens is 1. The molecule has 0 radical (unpaired) electrons. The highest BCUT2D eigenvalue weighted by Crippen LogP contribution is 2.34. The summed E-state index contributed by atoms with van der Waals surface area (Å²) < 4.78 is 31.6. The van der Waals surface area contributed by atoms with Gasteiger partial charge in [0.25, 0.3) is 0 Å². The van der Waals surface area contributed by atoms with Crippen LogP contribution in [0.3, 0.4) is 0 Å². The van der Waals surface area contributed by atoms with Crippen LogP contribution >= 0.6 is 11.9 Å².